The molecule has 0 aliphatic carbocycles. The van der Waals surface area contributed by atoms with E-state index in [1.165, 1.54) is 4.90 Å². The van der Waals surface area contributed by atoms with Gasteiger partial charge in [0.25, 0.3) is 5.91 Å². The van der Waals surface area contributed by atoms with Crippen molar-refractivity contribution in [2.24, 2.45) is 0 Å². The summed E-state index contributed by atoms with van der Waals surface area (Å²) in [7, 11) is 1.54. The summed E-state index contributed by atoms with van der Waals surface area (Å²) in [6.45, 7) is 1.82. The largest absolute Gasteiger partial charge is 0.484 e. The first-order valence-electron chi connectivity index (χ1n) is 8.04. The topological polar surface area (TPSA) is 58.6 Å². The number of benzene rings is 2. The van der Waals surface area contributed by atoms with Crippen molar-refractivity contribution < 1.29 is 14.3 Å². The van der Waals surface area contributed by atoms with Gasteiger partial charge in [0, 0.05) is 23.1 Å². The summed E-state index contributed by atoms with van der Waals surface area (Å²) in [6, 6.07) is 13.7. The number of carbonyl (C=O) groups excluding carboxylic acids is 2. The first kappa shape index (κ1) is 20.3. The van der Waals surface area contributed by atoms with Crippen LogP contribution in [0, 0.1) is 0 Å². The molecular formula is C19H20BrClN2O3. The van der Waals surface area contributed by atoms with Gasteiger partial charge >= 0.3 is 0 Å². The number of ether oxygens (including phenoxy) is 1. The van der Waals surface area contributed by atoms with Gasteiger partial charge in [0.1, 0.15) is 11.8 Å². The fourth-order valence-electron chi connectivity index (χ4n) is 2.34. The van der Waals surface area contributed by atoms with Crippen LogP contribution in [0.25, 0.3) is 0 Å². The van der Waals surface area contributed by atoms with E-state index < -0.39 is 6.04 Å². The van der Waals surface area contributed by atoms with Crippen molar-refractivity contribution in [2.45, 2.75) is 19.5 Å². The molecule has 0 spiro atoms. The van der Waals surface area contributed by atoms with E-state index in [9.17, 15) is 9.59 Å². The molecule has 0 heterocycles. The average Bonchev–Trinajstić information content (AvgIpc) is 2.65. The third kappa shape index (κ3) is 5.75. The second-order valence-electron chi connectivity index (χ2n) is 5.68. The fourth-order valence-corrected chi connectivity index (χ4v) is 2.73. The van der Waals surface area contributed by atoms with Crippen LogP contribution in [0.5, 0.6) is 5.75 Å². The number of amides is 2. The highest BCUT2D eigenvalue weighted by Gasteiger charge is 2.25. The van der Waals surface area contributed by atoms with E-state index in [2.05, 4.69) is 21.2 Å². The summed E-state index contributed by atoms with van der Waals surface area (Å²) >= 11 is 9.26. The van der Waals surface area contributed by atoms with Crippen LogP contribution < -0.4 is 10.1 Å². The summed E-state index contributed by atoms with van der Waals surface area (Å²) in [5.41, 5.74) is 0.877. The number of nitrogens with zero attached hydrogens (tertiary/aromatic N) is 1. The van der Waals surface area contributed by atoms with Crippen molar-refractivity contribution in [3.05, 3.63) is 63.6 Å². The molecule has 0 bridgehead atoms. The molecule has 0 radical (unpaired) electrons. The Balaban J connectivity index is 2.10. The maximum atomic E-state index is 12.7. The lowest BCUT2D eigenvalue weighted by atomic mass is 10.1. The van der Waals surface area contributed by atoms with Crippen molar-refractivity contribution in [3.63, 3.8) is 0 Å². The summed E-state index contributed by atoms with van der Waals surface area (Å²) in [4.78, 5) is 26.2. The molecule has 0 aliphatic rings. The molecule has 2 aromatic rings. The van der Waals surface area contributed by atoms with E-state index >= 15 is 0 Å². The second-order valence-corrected chi connectivity index (χ2v) is 7.03. The van der Waals surface area contributed by atoms with Crippen LogP contribution in [0.15, 0.2) is 53.0 Å². The van der Waals surface area contributed by atoms with Crippen LogP contribution in [-0.4, -0.2) is 36.4 Å². The Morgan fingerprint density at radius 3 is 2.35 bits per heavy atom. The standard InChI is InChI=1S/C19H20BrClN2O3/c1-13(19(25)22-2)23(11-14-3-7-16(21)8-4-14)18(24)12-26-17-9-5-15(20)6-10-17/h3-10,13H,11-12H2,1-2H3,(H,22,25)/t13-/m1/s1. The molecule has 2 amide bonds. The van der Waals surface area contributed by atoms with Crippen molar-refractivity contribution in [2.75, 3.05) is 13.7 Å². The first-order chi connectivity index (χ1) is 12.4. The number of nitrogens with one attached hydrogen (secondary N) is 1. The molecule has 0 unspecified atom stereocenters. The monoisotopic (exact) mass is 438 g/mol. The molecule has 1 atom stereocenters. The molecular weight excluding hydrogens is 420 g/mol. The lowest BCUT2D eigenvalue weighted by molar-refractivity contribution is -0.142. The minimum atomic E-state index is -0.628. The summed E-state index contributed by atoms with van der Waals surface area (Å²) in [6.07, 6.45) is 0. The number of hydrogen-bond donors (Lipinski definition) is 1. The van der Waals surface area contributed by atoms with E-state index in [1.807, 2.05) is 24.3 Å². The Morgan fingerprint density at radius 1 is 1.15 bits per heavy atom. The van der Waals surface area contributed by atoms with E-state index in [0.717, 1.165) is 10.0 Å². The third-order valence-corrected chi connectivity index (χ3v) is 4.64. The predicted octanol–water partition coefficient (Wildman–Crippen LogP) is 3.64. The van der Waals surface area contributed by atoms with E-state index in [0.29, 0.717) is 10.8 Å². The lowest BCUT2D eigenvalue weighted by Gasteiger charge is -2.28. The summed E-state index contributed by atoms with van der Waals surface area (Å²) in [5, 5.41) is 3.19. The van der Waals surface area contributed by atoms with E-state index in [4.69, 9.17) is 16.3 Å². The van der Waals surface area contributed by atoms with Gasteiger partial charge in [-0.05, 0) is 48.9 Å². The first-order valence-corrected chi connectivity index (χ1v) is 9.21. The number of carbonyl (C=O) groups is 2. The average molecular weight is 440 g/mol. The Hall–Kier alpha value is -2.05. The molecule has 2 rings (SSSR count). The fraction of sp³-hybridized carbons (Fsp3) is 0.263. The molecule has 0 fully saturated rings. The third-order valence-electron chi connectivity index (χ3n) is 3.86. The Labute approximate surface area is 166 Å². The van der Waals surface area contributed by atoms with Crippen molar-refractivity contribution in [1.29, 1.82) is 0 Å². The van der Waals surface area contributed by atoms with Crippen molar-refractivity contribution in [1.82, 2.24) is 10.2 Å². The predicted molar refractivity (Wildman–Crippen MR) is 105 cm³/mol. The number of halogens is 2. The van der Waals surface area contributed by atoms with Crippen LogP contribution in [0.1, 0.15) is 12.5 Å². The van der Waals surface area contributed by atoms with Crippen LogP contribution in [0.2, 0.25) is 5.02 Å². The zero-order chi connectivity index (χ0) is 19.1. The molecule has 26 heavy (non-hydrogen) atoms. The van der Waals surface area contributed by atoms with Crippen LogP contribution >= 0.6 is 27.5 Å². The van der Waals surface area contributed by atoms with Crippen LogP contribution in [-0.2, 0) is 16.1 Å². The Bertz CT molecular complexity index is 750. The minimum absolute atomic E-state index is 0.156. The van der Waals surface area contributed by atoms with Gasteiger partial charge in [-0.15, -0.1) is 0 Å². The van der Waals surface area contributed by atoms with Gasteiger partial charge in [0.2, 0.25) is 5.91 Å². The maximum Gasteiger partial charge on any atom is 0.261 e. The zero-order valence-electron chi connectivity index (χ0n) is 14.5. The second kappa shape index (κ2) is 9.59. The normalized spacial score (nSPS) is 11.5. The van der Waals surface area contributed by atoms with Gasteiger partial charge in [-0.25, -0.2) is 0 Å². The maximum absolute atomic E-state index is 12.7. The van der Waals surface area contributed by atoms with E-state index in [1.54, 1.807) is 38.2 Å². The summed E-state index contributed by atoms with van der Waals surface area (Å²) < 4.78 is 6.48. The molecule has 138 valence electrons. The highest BCUT2D eigenvalue weighted by atomic mass is 79.9. The van der Waals surface area contributed by atoms with Gasteiger partial charge in [-0.1, -0.05) is 39.7 Å². The van der Waals surface area contributed by atoms with Crippen molar-refractivity contribution >= 4 is 39.3 Å². The minimum Gasteiger partial charge on any atom is -0.484 e. The number of hydrogen-bond acceptors (Lipinski definition) is 3. The lowest BCUT2D eigenvalue weighted by Crippen LogP contribution is -2.48. The Kier molecular flexibility index (Phi) is 7.48. The molecule has 2 aromatic carbocycles. The molecule has 7 heteroatoms. The molecule has 0 aliphatic heterocycles. The van der Waals surface area contributed by atoms with Gasteiger partial charge in [0.15, 0.2) is 6.61 Å². The van der Waals surface area contributed by atoms with Gasteiger partial charge in [-0.2, -0.15) is 0 Å². The van der Waals surface area contributed by atoms with Crippen LogP contribution in [0.3, 0.4) is 0 Å². The molecule has 0 saturated heterocycles. The SMILES string of the molecule is CNC(=O)[C@@H](C)N(Cc1ccc(Cl)cc1)C(=O)COc1ccc(Br)cc1. The summed E-state index contributed by atoms with van der Waals surface area (Å²) in [5.74, 6) is 0.0653. The van der Waals surface area contributed by atoms with Gasteiger partial charge in [-0.3, -0.25) is 9.59 Å². The van der Waals surface area contributed by atoms with E-state index in [-0.39, 0.29) is 25.0 Å². The molecule has 1 N–H and O–H groups in total. The quantitative estimate of drug-likeness (QED) is 0.716. The number of rotatable bonds is 7. The van der Waals surface area contributed by atoms with Gasteiger partial charge < -0.3 is 15.0 Å². The Morgan fingerprint density at radius 2 is 1.77 bits per heavy atom. The highest BCUT2D eigenvalue weighted by molar-refractivity contribution is 9.10. The van der Waals surface area contributed by atoms with Crippen molar-refractivity contribution in [3.8, 4) is 5.75 Å². The highest BCUT2D eigenvalue weighted by Crippen LogP contribution is 2.17. The molecule has 0 aromatic heterocycles. The molecule has 5 nitrogen and oxygen atoms in total. The molecule has 0 saturated carbocycles. The number of likely N-dealkylation sites (N-methyl/N-ethyl adjacent to an activating group) is 1. The zero-order valence-corrected chi connectivity index (χ0v) is 16.9. The van der Waals surface area contributed by atoms with Crippen LogP contribution in [0.4, 0.5) is 0 Å². The smallest absolute Gasteiger partial charge is 0.261 e. The van der Waals surface area contributed by atoms with Gasteiger partial charge in [0.05, 0.1) is 0 Å².